The van der Waals surface area contributed by atoms with Gasteiger partial charge in [0.05, 0.1) is 31.5 Å². The van der Waals surface area contributed by atoms with Crippen LogP contribution in [0.4, 0.5) is 27.5 Å². The van der Waals surface area contributed by atoms with Crippen molar-refractivity contribution in [1.82, 2.24) is 24.4 Å². The summed E-state index contributed by atoms with van der Waals surface area (Å²) in [7, 11) is 5.55. The Labute approximate surface area is 208 Å². The molecule has 0 amide bonds. The summed E-state index contributed by atoms with van der Waals surface area (Å²) in [4.78, 5) is 17.8. The predicted molar refractivity (Wildman–Crippen MR) is 138 cm³/mol. The number of nitrogens with two attached hydrogens (primary N) is 1. The minimum absolute atomic E-state index is 0.308. The van der Waals surface area contributed by atoms with Crippen LogP contribution < -0.4 is 20.7 Å². The smallest absolute Gasteiger partial charge is 0.239 e. The maximum Gasteiger partial charge on any atom is 0.239 e. The Hall–Kier alpha value is -3.96. The fourth-order valence-corrected chi connectivity index (χ4v) is 4.37. The van der Waals surface area contributed by atoms with E-state index in [4.69, 9.17) is 15.2 Å². The molecule has 4 heterocycles. The summed E-state index contributed by atoms with van der Waals surface area (Å²) in [5, 5.41) is 4.14. The standard InChI is InChI=1S/C25H29FN8O2/c1-32(2)14-16-15-34(21-12-17(26)4-5-18(16)21)22-6-7-28-25(30-22)29-20-13-19(27)23(31-24(20)35-3)33-8-10-36-11-9-33/h4-7,12-13,15H,8-11,14,27H2,1-3H3,(H,28,29,30). The number of aromatic nitrogens is 4. The molecule has 11 heteroatoms. The van der Waals surface area contributed by atoms with Gasteiger partial charge in [-0.1, -0.05) is 0 Å². The molecular weight excluding hydrogens is 463 g/mol. The molecular formula is C25H29FN8O2. The van der Waals surface area contributed by atoms with Gasteiger partial charge in [0.15, 0.2) is 5.82 Å². The molecule has 1 aliphatic heterocycles. The van der Waals surface area contributed by atoms with E-state index in [0.29, 0.717) is 67.7 Å². The van der Waals surface area contributed by atoms with Crippen molar-refractivity contribution in [2.45, 2.75) is 6.54 Å². The van der Waals surface area contributed by atoms with Crippen LogP contribution in [-0.2, 0) is 11.3 Å². The second-order valence-electron chi connectivity index (χ2n) is 8.84. The SMILES string of the molecule is COc1nc(N2CCOCC2)c(N)cc1Nc1nccc(-n2cc(CN(C)C)c3ccc(F)cc32)n1. The second-order valence-corrected chi connectivity index (χ2v) is 8.84. The van der Waals surface area contributed by atoms with Gasteiger partial charge in [-0.05, 0) is 50.0 Å². The van der Waals surface area contributed by atoms with Gasteiger partial charge in [0.1, 0.15) is 17.3 Å². The molecule has 36 heavy (non-hydrogen) atoms. The van der Waals surface area contributed by atoms with Gasteiger partial charge in [-0.15, -0.1) is 0 Å². The lowest BCUT2D eigenvalue weighted by Crippen LogP contribution is -2.37. The molecule has 10 nitrogen and oxygen atoms in total. The third-order valence-electron chi connectivity index (χ3n) is 5.97. The van der Waals surface area contributed by atoms with Gasteiger partial charge in [0, 0.05) is 37.4 Å². The second kappa shape index (κ2) is 9.96. The van der Waals surface area contributed by atoms with Crippen LogP contribution in [0.15, 0.2) is 42.7 Å². The average molecular weight is 493 g/mol. The molecule has 4 aromatic rings. The van der Waals surface area contributed by atoms with Gasteiger partial charge < -0.3 is 34.9 Å². The van der Waals surface area contributed by atoms with Crippen molar-refractivity contribution in [3.63, 3.8) is 0 Å². The van der Waals surface area contributed by atoms with Gasteiger partial charge in [0.25, 0.3) is 0 Å². The summed E-state index contributed by atoms with van der Waals surface area (Å²) in [5.41, 5.74) is 9.20. The number of pyridine rings is 1. The van der Waals surface area contributed by atoms with Gasteiger partial charge in [-0.2, -0.15) is 9.97 Å². The van der Waals surface area contributed by atoms with E-state index in [2.05, 4.69) is 30.1 Å². The highest BCUT2D eigenvalue weighted by atomic mass is 19.1. The lowest BCUT2D eigenvalue weighted by atomic mass is 10.1. The first kappa shape index (κ1) is 23.8. The molecule has 1 fully saturated rings. The van der Waals surface area contributed by atoms with Crippen LogP contribution in [0.1, 0.15) is 5.56 Å². The molecule has 5 rings (SSSR count). The highest BCUT2D eigenvalue weighted by molar-refractivity contribution is 5.85. The van der Waals surface area contributed by atoms with E-state index in [-0.39, 0.29) is 5.82 Å². The number of nitrogens with zero attached hydrogens (tertiary/aromatic N) is 6. The number of ether oxygens (including phenoxy) is 2. The number of halogens is 1. The van der Waals surface area contributed by atoms with Crippen molar-refractivity contribution < 1.29 is 13.9 Å². The summed E-state index contributed by atoms with van der Waals surface area (Å²) in [6.45, 7) is 3.37. The summed E-state index contributed by atoms with van der Waals surface area (Å²) in [6.07, 6.45) is 3.63. The van der Waals surface area contributed by atoms with Crippen LogP contribution in [0.2, 0.25) is 0 Å². The average Bonchev–Trinajstić information content (AvgIpc) is 3.21. The van der Waals surface area contributed by atoms with Crippen LogP contribution in [0, 0.1) is 5.82 Å². The molecule has 0 aliphatic carbocycles. The lowest BCUT2D eigenvalue weighted by molar-refractivity contribution is 0.122. The van der Waals surface area contributed by atoms with Crippen LogP contribution >= 0.6 is 0 Å². The molecule has 1 aliphatic rings. The van der Waals surface area contributed by atoms with Gasteiger partial charge in [0.2, 0.25) is 11.8 Å². The number of fused-ring (bicyclic) bond motifs is 1. The molecule has 0 saturated carbocycles. The quantitative estimate of drug-likeness (QED) is 0.402. The van der Waals surface area contributed by atoms with E-state index in [1.54, 1.807) is 31.5 Å². The Bertz CT molecular complexity index is 1380. The fraction of sp³-hybridized carbons (Fsp3) is 0.320. The number of benzene rings is 1. The largest absolute Gasteiger partial charge is 0.479 e. The molecule has 0 radical (unpaired) electrons. The van der Waals surface area contributed by atoms with E-state index in [1.165, 1.54) is 12.1 Å². The van der Waals surface area contributed by atoms with Crippen molar-refractivity contribution in [3.05, 3.63) is 54.1 Å². The highest BCUT2D eigenvalue weighted by Gasteiger charge is 2.19. The van der Waals surface area contributed by atoms with Crippen LogP contribution in [0.3, 0.4) is 0 Å². The number of nitrogens with one attached hydrogen (secondary N) is 1. The number of nitrogen functional groups attached to an aromatic ring is 1. The van der Waals surface area contributed by atoms with Crippen LogP contribution in [0.25, 0.3) is 16.7 Å². The zero-order valence-electron chi connectivity index (χ0n) is 20.5. The molecule has 0 spiro atoms. The molecule has 188 valence electrons. The van der Waals surface area contributed by atoms with Crippen molar-refractivity contribution in [3.8, 4) is 11.7 Å². The zero-order valence-corrected chi connectivity index (χ0v) is 20.5. The summed E-state index contributed by atoms with van der Waals surface area (Å²) < 4.78 is 27.0. The first-order valence-corrected chi connectivity index (χ1v) is 11.6. The van der Waals surface area contributed by atoms with Crippen molar-refractivity contribution in [1.29, 1.82) is 0 Å². The predicted octanol–water partition coefficient (Wildman–Crippen LogP) is 3.19. The number of morpholine rings is 1. The monoisotopic (exact) mass is 492 g/mol. The lowest BCUT2D eigenvalue weighted by Gasteiger charge is -2.29. The molecule has 0 atom stereocenters. The Balaban J connectivity index is 1.49. The number of rotatable bonds is 7. The molecule has 1 aromatic carbocycles. The van der Waals surface area contributed by atoms with Crippen molar-refractivity contribution in [2.75, 3.05) is 63.5 Å². The third-order valence-corrected chi connectivity index (χ3v) is 5.97. The van der Waals surface area contributed by atoms with Gasteiger partial charge in [-0.3, -0.25) is 0 Å². The van der Waals surface area contributed by atoms with Crippen molar-refractivity contribution in [2.24, 2.45) is 0 Å². The number of methoxy groups -OCH3 is 1. The van der Waals surface area contributed by atoms with E-state index >= 15 is 0 Å². The first-order chi connectivity index (χ1) is 17.4. The molecule has 0 bridgehead atoms. The van der Waals surface area contributed by atoms with Crippen LogP contribution in [0.5, 0.6) is 5.88 Å². The topological polar surface area (TPSA) is 107 Å². The molecule has 3 aromatic heterocycles. The molecule has 3 N–H and O–H groups in total. The van der Waals surface area contributed by atoms with E-state index in [0.717, 1.165) is 16.5 Å². The number of anilines is 4. The maximum absolute atomic E-state index is 14.1. The Morgan fingerprint density at radius 3 is 2.72 bits per heavy atom. The van der Waals surface area contributed by atoms with Crippen LogP contribution in [-0.4, -0.2) is 71.9 Å². The van der Waals surface area contributed by atoms with E-state index < -0.39 is 0 Å². The van der Waals surface area contributed by atoms with Gasteiger partial charge in [-0.25, -0.2) is 9.37 Å². The summed E-state index contributed by atoms with van der Waals surface area (Å²) >= 11 is 0. The molecule has 0 unspecified atom stereocenters. The summed E-state index contributed by atoms with van der Waals surface area (Å²) in [6, 6.07) is 8.34. The number of hydrogen-bond donors (Lipinski definition) is 2. The highest BCUT2D eigenvalue weighted by Crippen LogP contribution is 2.33. The Morgan fingerprint density at radius 1 is 1.17 bits per heavy atom. The minimum Gasteiger partial charge on any atom is -0.479 e. The Kier molecular flexibility index (Phi) is 6.57. The van der Waals surface area contributed by atoms with Crippen molar-refractivity contribution >= 4 is 34.0 Å². The minimum atomic E-state index is -0.308. The van der Waals surface area contributed by atoms with E-state index in [1.807, 2.05) is 24.9 Å². The first-order valence-electron chi connectivity index (χ1n) is 11.6. The normalized spacial score (nSPS) is 14.0. The zero-order chi connectivity index (χ0) is 25.2. The third kappa shape index (κ3) is 4.75. The Morgan fingerprint density at radius 2 is 1.97 bits per heavy atom. The van der Waals surface area contributed by atoms with Gasteiger partial charge >= 0.3 is 0 Å². The maximum atomic E-state index is 14.1. The van der Waals surface area contributed by atoms with E-state index in [9.17, 15) is 4.39 Å². The number of hydrogen-bond acceptors (Lipinski definition) is 9. The summed E-state index contributed by atoms with van der Waals surface area (Å²) in [5.74, 6) is 1.65. The molecule has 1 saturated heterocycles. The fourth-order valence-electron chi connectivity index (χ4n) is 4.37.